The first kappa shape index (κ1) is 19.5. The van der Waals surface area contributed by atoms with Crippen molar-refractivity contribution >= 4 is 35.1 Å². The van der Waals surface area contributed by atoms with E-state index in [1.807, 2.05) is 6.92 Å². The van der Waals surface area contributed by atoms with Crippen LogP contribution in [0.4, 0.5) is 5.69 Å². The highest BCUT2D eigenvalue weighted by molar-refractivity contribution is 6.30. The lowest BCUT2D eigenvalue weighted by Gasteiger charge is -2.08. The van der Waals surface area contributed by atoms with Crippen molar-refractivity contribution in [2.75, 3.05) is 18.5 Å². The number of hydrogen-bond donors (Lipinski definition) is 2. The second-order valence-corrected chi connectivity index (χ2v) is 5.89. The predicted octanol–water partition coefficient (Wildman–Crippen LogP) is 2.81. The van der Waals surface area contributed by atoms with Crippen LogP contribution in [-0.2, 0) is 20.7 Å². The van der Waals surface area contributed by atoms with Crippen LogP contribution in [0.2, 0.25) is 5.02 Å². The SMILES string of the molecule is CCNC(=O)c1cccc(NC(=O)COC(=O)Cc2ccc(Cl)cc2)c1. The Labute approximate surface area is 156 Å². The Balaban J connectivity index is 1.83. The van der Waals surface area contributed by atoms with Crippen molar-refractivity contribution < 1.29 is 19.1 Å². The van der Waals surface area contributed by atoms with Gasteiger partial charge in [0.2, 0.25) is 0 Å². The summed E-state index contributed by atoms with van der Waals surface area (Å²) in [5.74, 6) is -1.22. The highest BCUT2D eigenvalue weighted by atomic mass is 35.5. The number of carbonyl (C=O) groups is 3. The maximum Gasteiger partial charge on any atom is 0.310 e. The summed E-state index contributed by atoms with van der Waals surface area (Å²) in [6, 6.07) is 13.3. The molecule has 6 nitrogen and oxygen atoms in total. The average molecular weight is 375 g/mol. The molecular formula is C19H19ClN2O4. The summed E-state index contributed by atoms with van der Waals surface area (Å²) in [5.41, 5.74) is 1.63. The molecule has 0 saturated carbocycles. The molecule has 0 fully saturated rings. The standard InChI is InChI=1S/C19H19ClN2O4/c1-2-21-19(25)14-4-3-5-16(11-14)22-17(23)12-26-18(24)10-13-6-8-15(20)9-7-13/h3-9,11H,2,10,12H2,1H3,(H,21,25)(H,22,23). The molecule has 0 aliphatic carbocycles. The summed E-state index contributed by atoms with van der Waals surface area (Å²) < 4.78 is 4.96. The number of nitrogens with one attached hydrogen (secondary N) is 2. The largest absolute Gasteiger partial charge is 0.455 e. The Morgan fingerprint density at radius 1 is 1.08 bits per heavy atom. The molecule has 7 heteroatoms. The molecule has 0 unspecified atom stereocenters. The van der Waals surface area contributed by atoms with Gasteiger partial charge in [-0.15, -0.1) is 0 Å². The maximum atomic E-state index is 11.9. The summed E-state index contributed by atoms with van der Waals surface area (Å²) in [6.07, 6.45) is 0.0527. The third-order valence-electron chi connectivity index (χ3n) is 3.37. The van der Waals surface area contributed by atoms with E-state index >= 15 is 0 Å². The van der Waals surface area contributed by atoms with E-state index in [1.165, 1.54) is 0 Å². The van der Waals surface area contributed by atoms with Gasteiger partial charge < -0.3 is 15.4 Å². The fraction of sp³-hybridized carbons (Fsp3) is 0.211. The Kier molecular flexibility index (Phi) is 7.17. The Hall–Kier alpha value is -2.86. The van der Waals surface area contributed by atoms with E-state index < -0.39 is 18.5 Å². The molecule has 2 N–H and O–H groups in total. The van der Waals surface area contributed by atoms with Crippen LogP contribution >= 0.6 is 11.6 Å². The highest BCUT2D eigenvalue weighted by Crippen LogP contribution is 2.12. The summed E-state index contributed by atoms with van der Waals surface area (Å²) in [5, 5.41) is 5.85. The fourth-order valence-corrected chi connectivity index (χ4v) is 2.29. The predicted molar refractivity (Wildman–Crippen MR) is 99.2 cm³/mol. The topological polar surface area (TPSA) is 84.5 Å². The van der Waals surface area contributed by atoms with E-state index in [1.54, 1.807) is 48.5 Å². The number of benzene rings is 2. The van der Waals surface area contributed by atoms with Gasteiger partial charge in [-0.25, -0.2) is 0 Å². The van der Waals surface area contributed by atoms with Gasteiger partial charge in [-0.3, -0.25) is 14.4 Å². The van der Waals surface area contributed by atoms with Gasteiger partial charge in [-0.05, 0) is 42.8 Å². The van der Waals surface area contributed by atoms with Crippen LogP contribution in [-0.4, -0.2) is 30.9 Å². The van der Waals surface area contributed by atoms with E-state index in [4.69, 9.17) is 16.3 Å². The molecule has 0 heterocycles. The van der Waals surface area contributed by atoms with Gasteiger partial charge in [0.15, 0.2) is 6.61 Å². The van der Waals surface area contributed by atoms with Gasteiger partial charge >= 0.3 is 5.97 Å². The maximum absolute atomic E-state index is 11.9. The average Bonchev–Trinajstić information content (AvgIpc) is 2.62. The summed E-state index contributed by atoms with van der Waals surface area (Å²) in [4.78, 5) is 35.5. The molecule has 0 saturated heterocycles. The molecular weight excluding hydrogens is 356 g/mol. The highest BCUT2D eigenvalue weighted by Gasteiger charge is 2.10. The van der Waals surface area contributed by atoms with E-state index in [0.29, 0.717) is 22.8 Å². The second-order valence-electron chi connectivity index (χ2n) is 5.45. The van der Waals surface area contributed by atoms with E-state index in [2.05, 4.69) is 10.6 Å². The molecule has 0 spiro atoms. The molecule has 2 aromatic carbocycles. The van der Waals surface area contributed by atoms with Crippen molar-refractivity contribution in [2.45, 2.75) is 13.3 Å². The number of halogens is 1. The molecule has 136 valence electrons. The van der Waals surface area contributed by atoms with E-state index in [-0.39, 0.29) is 12.3 Å². The first-order valence-electron chi connectivity index (χ1n) is 8.06. The zero-order valence-corrected chi connectivity index (χ0v) is 15.0. The van der Waals surface area contributed by atoms with Crippen LogP contribution in [0.1, 0.15) is 22.8 Å². The van der Waals surface area contributed by atoms with Gasteiger partial charge in [0.05, 0.1) is 6.42 Å². The van der Waals surface area contributed by atoms with Gasteiger partial charge in [0.1, 0.15) is 0 Å². The molecule has 0 aliphatic rings. The number of anilines is 1. The van der Waals surface area contributed by atoms with Crippen molar-refractivity contribution in [1.82, 2.24) is 5.32 Å². The zero-order valence-electron chi connectivity index (χ0n) is 14.3. The number of hydrogen-bond acceptors (Lipinski definition) is 4. The van der Waals surface area contributed by atoms with Gasteiger partial charge in [-0.2, -0.15) is 0 Å². The van der Waals surface area contributed by atoms with E-state index in [0.717, 1.165) is 5.56 Å². The zero-order chi connectivity index (χ0) is 18.9. The fourth-order valence-electron chi connectivity index (χ4n) is 2.16. The third-order valence-corrected chi connectivity index (χ3v) is 3.62. The number of amides is 2. The van der Waals surface area contributed by atoms with Gasteiger partial charge in [-0.1, -0.05) is 29.8 Å². The molecule has 0 bridgehead atoms. The molecule has 2 amide bonds. The number of rotatable bonds is 7. The monoisotopic (exact) mass is 374 g/mol. The van der Waals surface area contributed by atoms with Crippen molar-refractivity contribution in [3.05, 3.63) is 64.7 Å². The van der Waals surface area contributed by atoms with Crippen LogP contribution in [0, 0.1) is 0 Å². The molecule has 0 atom stereocenters. The van der Waals surface area contributed by atoms with Crippen molar-refractivity contribution in [3.8, 4) is 0 Å². The Morgan fingerprint density at radius 3 is 2.50 bits per heavy atom. The molecule has 2 aromatic rings. The van der Waals surface area contributed by atoms with Crippen molar-refractivity contribution in [1.29, 1.82) is 0 Å². The summed E-state index contributed by atoms with van der Waals surface area (Å²) in [7, 11) is 0. The quantitative estimate of drug-likeness (QED) is 0.730. The van der Waals surface area contributed by atoms with Crippen LogP contribution in [0.25, 0.3) is 0 Å². The van der Waals surface area contributed by atoms with Crippen molar-refractivity contribution in [2.24, 2.45) is 0 Å². The van der Waals surface area contributed by atoms with E-state index in [9.17, 15) is 14.4 Å². The second kappa shape index (κ2) is 9.58. The molecule has 26 heavy (non-hydrogen) atoms. The smallest absolute Gasteiger partial charge is 0.310 e. The normalized spacial score (nSPS) is 10.1. The molecule has 0 aromatic heterocycles. The van der Waals surface area contributed by atoms with Gasteiger partial charge in [0, 0.05) is 22.8 Å². The van der Waals surface area contributed by atoms with Gasteiger partial charge in [0.25, 0.3) is 11.8 Å². The minimum absolute atomic E-state index is 0.0527. The first-order valence-corrected chi connectivity index (χ1v) is 8.44. The minimum atomic E-state index is -0.515. The summed E-state index contributed by atoms with van der Waals surface area (Å²) in [6.45, 7) is 1.93. The lowest BCUT2D eigenvalue weighted by atomic mass is 10.1. The lowest BCUT2D eigenvalue weighted by Crippen LogP contribution is -2.24. The van der Waals surface area contributed by atoms with Crippen LogP contribution in [0.15, 0.2) is 48.5 Å². The third kappa shape index (κ3) is 6.22. The molecule has 2 rings (SSSR count). The minimum Gasteiger partial charge on any atom is -0.455 e. The van der Waals surface area contributed by atoms with Crippen LogP contribution in [0.3, 0.4) is 0 Å². The summed E-state index contributed by atoms with van der Waals surface area (Å²) >= 11 is 5.78. The van der Waals surface area contributed by atoms with Crippen LogP contribution in [0.5, 0.6) is 0 Å². The van der Waals surface area contributed by atoms with Crippen molar-refractivity contribution in [3.63, 3.8) is 0 Å². The number of carbonyl (C=O) groups excluding carboxylic acids is 3. The number of ether oxygens (including phenoxy) is 1. The molecule has 0 radical (unpaired) electrons. The van der Waals surface area contributed by atoms with Crippen LogP contribution < -0.4 is 10.6 Å². The molecule has 0 aliphatic heterocycles. The lowest BCUT2D eigenvalue weighted by molar-refractivity contribution is -0.146. The number of esters is 1. The first-order chi connectivity index (χ1) is 12.5. The Morgan fingerprint density at radius 2 is 1.81 bits per heavy atom. The Bertz CT molecular complexity index is 790.